The van der Waals surface area contributed by atoms with Crippen molar-refractivity contribution >= 4 is 46.5 Å². The lowest BCUT2D eigenvalue weighted by Crippen LogP contribution is -2.27. The molecule has 0 saturated carbocycles. The predicted octanol–water partition coefficient (Wildman–Crippen LogP) is 4.61. The van der Waals surface area contributed by atoms with Gasteiger partial charge in [-0.3, -0.25) is 4.79 Å². The van der Waals surface area contributed by atoms with Crippen LogP contribution in [0, 0.1) is 4.51 Å². The number of pyridine rings is 1. The summed E-state index contributed by atoms with van der Waals surface area (Å²) in [6.07, 6.45) is 1.99. The first-order valence-corrected chi connectivity index (χ1v) is 9.31. The van der Waals surface area contributed by atoms with E-state index in [9.17, 15) is 9.90 Å². The highest BCUT2D eigenvalue weighted by Crippen LogP contribution is 2.31. The summed E-state index contributed by atoms with van der Waals surface area (Å²) in [6.45, 7) is 0. The summed E-state index contributed by atoms with van der Waals surface area (Å²) >= 11 is 7.17. The van der Waals surface area contributed by atoms with Gasteiger partial charge >= 0.3 is 0 Å². The molecule has 1 N–H and O–H groups in total. The second-order valence-corrected chi connectivity index (χ2v) is 6.96. The van der Waals surface area contributed by atoms with Crippen molar-refractivity contribution in [2.45, 2.75) is 4.90 Å². The maximum Gasteiger partial charge on any atom is 0.264 e. The molecule has 0 bridgehead atoms. The van der Waals surface area contributed by atoms with E-state index in [1.807, 2.05) is 54.8 Å². The zero-order chi connectivity index (χ0) is 18.1. The van der Waals surface area contributed by atoms with Crippen molar-refractivity contribution in [1.29, 1.82) is 0 Å². The van der Waals surface area contributed by atoms with Crippen LogP contribution in [0.4, 0.5) is 5.69 Å². The molecule has 6 heteroatoms. The van der Waals surface area contributed by atoms with Gasteiger partial charge in [-0.1, -0.05) is 30.4 Å². The lowest BCUT2D eigenvalue weighted by Gasteiger charge is -2.20. The number of thioether (sulfide) groups is 1. The molecule has 128 valence electrons. The van der Waals surface area contributed by atoms with Gasteiger partial charge in [0.1, 0.15) is 5.56 Å². The monoisotopic (exact) mass is 370 g/mol. The third kappa shape index (κ3) is 3.03. The highest BCUT2D eigenvalue weighted by molar-refractivity contribution is 7.98. The van der Waals surface area contributed by atoms with Crippen molar-refractivity contribution in [3.63, 3.8) is 0 Å². The first-order chi connectivity index (χ1) is 12.0. The van der Waals surface area contributed by atoms with Gasteiger partial charge in [0.2, 0.25) is 5.88 Å². The van der Waals surface area contributed by atoms with Gasteiger partial charge in [-0.25, -0.2) is 0 Å². The molecule has 1 heterocycles. The van der Waals surface area contributed by atoms with E-state index in [1.54, 1.807) is 30.4 Å². The summed E-state index contributed by atoms with van der Waals surface area (Å²) < 4.78 is 1.97. The Morgan fingerprint density at radius 2 is 1.88 bits per heavy atom. The van der Waals surface area contributed by atoms with Crippen LogP contribution >= 0.6 is 24.0 Å². The zero-order valence-electron chi connectivity index (χ0n) is 14.2. The van der Waals surface area contributed by atoms with Crippen molar-refractivity contribution in [3.05, 3.63) is 58.6 Å². The number of hydrogen-bond acceptors (Lipinski definition) is 4. The number of carbonyl (C=O) groups excluding carboxylic acids is 1. The standard InChI is InChI=1S/C19H18N2O2S2/c1-20(12-7-5-4-6-8-12)18(22)16-17(24)14-11-13(25-3)9-10-15(14)21(2)19(16)23/h4-11,23H,1-3H3. The molecule has 0 aliphatic heterocycles. The molecular weight excluding hydrogens is 352 g/mol. The fourth-order valence-electron chi connectivity index (χ4n) is 2.76. The number of rotatable bonds is 3. The average molecular weight is 370 g/mol. The topological polar surface area (TPSA) is 45.5 Å². The first-order valence-electron chi connectivity index (χ1n) is 7.68. The van der Waals surface area contributed by atoms with Crippen LogP contribution in [0.25, 0.3) is 10.9 Å². The van der Waals surface area contributed by atoms with Crippen LogP contribution in [0.1, 0.15) is 10.4 Å². The molecule has 25 heavy (non-hydrogen) atoms. The predicted molar refractivity (Wildman–Crippen MR) is 106 cm³/mol. The number of hydrogen-bond donors (Lipinski definition) is 1. The second-order valence-electron chi connectivity index (χ2n) is 5.67. The maximum atomic E-state index is 13.0. The summed E-state index contributed by atoms with van der Waals surface area (Å²) in [5.74, 6) is -0.456. The fourth-order valence-corrected chi connectivity index (χ4v) is 3.55. The number of fused-ring (bicyclic) bond motifs is 1. The van der Waals surface area contributed by atoms with Gasteiger partial charge in [-0.05, 0) is 36.6 Å². The molecule has 1 amide bonds. The van der Waals surface area contributed by atoms with Crippen molar-refractivity contribution in [2.24, 2.45) is 7.05 Å². The third-order valence-electron chi connectivity index (χ3n) is 4.24. The van der Waals surface area contributed by atoms with E-state index in [4.69, 9.17) is 12.2 Å². The third-order valence-corrected chi connectivity index (χ3v) is 5.39. The van der Waals surface area contributed by atoms with Gasteiger partial charge in [-0.2, -0.15) is 0 Å². The Kier molecular flexibility index (Phi) is 4.83. The lowest BCUT2D eigenvalue weighted by molar-refractivity contribution is 0.0989. The van der Waals surface area contributed by atoms with E-state index in [0.29, 0.717) is 4.51 Å². The average Bonchev–Trinajstić information content (AvgIpc) is 2.65. The normalized spacial score (nSPS) is 10.8. The van der Waals surface area contributed by atoms with Gasteiger partial charge in [0, 0.05) is 30.1 Å². The van der Waals surface area contributed by atoms with Gasteiger partial charge in [-0.15, -0.1) is 11.8 Å². The van der Waals surface area contributed by atoms with E-state index in [2.05, 4.69) is 0 Å². The number of benzene rings is 2. The van der Waals surface area contributed by atoms with Gasteiger partial charge < -0.3 is 14.6 Å². The SMILES string of the molecule is CSc1ccc2c(c1)c(=S)c(C(=O)N(C)c1ccccc1)c(O)n2C. The Balaban J connectivity index is 2.22. The van der Waals surface area contributed by atoms with Crippen molar-refractivity contribution < 1.29 is 9.90 Å². The largest absolute Gasteiger partial charge is 0.494 e. The van der Waals surface area contributed by atoms with Crippen molar-refractivity contribution in [2.75, 3.05) is 18.2 Å². The minimum absolute atomic E-state index is 0.123. The van der Waals surface area contributed by atoms with Crippen LogP contribution in [-0.2, 0) is 7.05 Å². The first kappa shape index (κ1) is 17.5. The Morgan fingerprint density at radius 1 is 1.20 bits per heavy atom. The number of para-hydroxylation sites is 1. The highest BCUT2D eigenvalue weighted by atomic mass is 32.2. The zero-order valence-corrected chi connectivity index (χ0v) is 15.8. The quantitative estimate of drug-likeness (QED) is 0.540. The smallest absolute Gasteiger partial charge is 0.264 e. The molecule has 0 unspecified atom stereocenters. The molecule has 0 spiro atoms. The molecule has 4 nitrogen and oxygen atoms in total. The van der Waals surface area contributed by atoms with E-state index in [0.717, 1.165) is 21.5 Å². The van der Waals surface area contributed by atoms with Crippen LogP contribution in [0.15, 0.2) is 53.4 Å². The van der Waals surface area contributed by atoms with Crippen LogP contribution in [0.5, 0.6) is 5.88 Å². The molecular formula is C19H18N2O2S2. The van der Waals surface area contributed by atoms with Gasteiger partial charge in [0.05, 0.1) is 10.0 Å². The van der Waals surface area contributed by atoms with E-state index >= 15 is 0 Å². The van der Waals surface area contributed by atoms with Crippen molar-refractivity contribution in [3.8, 4) is 5.88 Å². The van der Waals surface area contributed by atoms with E-state index in [1.165, 1.54) is 4.90 Å². The number of anilines is 1. The summed E-state index contributed by atoms with van der Waals surface area (Å²) in [7, 11) is 3.40. The number of nitrogens with zero attached hydrogens (tertiary/aromatic N) is 2. The molecule has 0 fully saturated rings. The molecule has 0 atom stereocenters. The highest BCUT2D eigenvalue weighted by Gasteiger charge is 2.22. The maximum absolute atomic E-state index is 13.0. The molecule has 2 aromatic carbocycles. The molecule has 0 radical (unpaired) electrons. The molecule has 0 saturated heterocycles. The number of aromatic hydroxyl groups is 1. The number of amides is 1. The molecule has 0 aliphatic rings. The molecule has 3 aromatic rings. The van der Waals surface area contributed by atoms with E-state index < -0.39 is 0 Å². The van der Waals surface area contributed by atoms with Crippen LogP contribution in [-0.4, -0.2) is 28.9 Å². The molecule has 3 rings (SSSR count). The number of carbonyl (C=O) groups is 1. The number of aromatic nitrogens is 1. The lowest BCUT2D eigenvalue weighted by atomic mass is 10.1. The summed E-state index contributed by atoms with van der Waals surface area (Å²) in [4.78, 5) is 15.6. The Labute approximate surface area is 155 Å². The fraction of sp³-hybridized carbons (Fsp3) is 0.158. The summed E-state index contributed by atoms with van der Waals surface area (Å²) in [6, 6.07) is 15.1. The number of aryl methyl sites for hydroxylation is 1. The van der Waals surface area contributed by atoms with E-state index in [-0.39, 0.29) is 17.4 Å². The van der Waals surface area contributed by atoms with Gasteiger partial charge in [0.15, 0.2) is 0 Å². The second kappa shape index (κ2) is 6.90. The van der Waals surface area contributed by atoms with Crippen LogP contribution in [0.2, 0.25) is 0 Å². The minimum atomic E-state index is -0.333. The molecule has 0 aliphatic carbocycles. The van der Waals surface area contributed by atoms with Gasteiger partial charge in [0.25, 0.3) is 5.91 Å². The Hall–Kier alpha value is -2.31. The Morgan fingerprint density at radius 3 is 2.52 bits per heavy atom. The Bertz CT molecular complexity index is 1010. The van der Waals surface area contributed by atoms with Crippen LogP contribution in [0.3, 0.4) is 0 Å². The molecule has 1 aromatic heterocycles. The summed E-state index contributed by atoms with van der Waals surface area (Å²) in [5, 5.41) is 11.4. The van der Waals surface area contributed by atoms with Crippen LogP contribution < -0.4 is 4.90 Å². The van der Waals surface area contributed by atoms with Crippen molar-refractivity contribution in [1.82, 2.24) is 4.57 Å². The minimum Gasteiger partial charge on any atom is -0.494 e. The summed E-state index contributed by atoms with van der Waals surface area (Å²) in [5.41, 5.74) is 1.68.